The first-order valence-electron chi connectivity index (χ1n) is 3.88. The number of aryl methyl sites for hydroxylation is 1. The minimum atomic E-state index is -0.775. The molecule has 0 radical (unpaired) electrons. The van der Waals surface area contributed by atoms with Gasteiger partial charge in [0.1, 0.15) is 0 Å². The Bertz CT molecular complexity index is 307. The second kappa shape index (κ2) is 2.58. The summed E-state index contributed by atoms with van der Waals surface area (Å²) in [5.74, 6) is -0.775. The van der Waals surface area contributed by atoms with Crippen LogP contribution in [-0.2, 0) is 11.2 Å². The number of carboxylic acid groups (broad SMARTS) is 1. The van der Waals surface area contributed by atoms with Gasteiger partial charge in [0, 0.05) is 0 Å². The lowest BCUT2D eigenvalue weighted by Gasteiger charge is -2.06. The van der Waals surface area contributed by atoms with Gasteiger partial charge in [-0.05, 0) is 12.8 Å². The Labute approximate surface area is 69.0 Å². The van der Waals surface area contributed by atoms with E-state index in [2.05, 4.69) is 10.3 Å². The van der Waals surface area contributed by atoms with Crippen molar-refractivity contribution in [3.63, 3.8) is 0 Å². The van der Waals surface area contributed by atoms with E-state index in [4.69, 9.17) is 5.11 Å². The third-order valence-corrected chi connectivity index (χ3v) is 2.14. The summed E-state index contributed by atoms with van der Waals surface area (Å²) in [7, 11) is 0. The second-order valence-electron chi connectivity index (χ2n) is 2.96. The molecule has 0 saturated carbocycles. The van der Waals surface area contributed by atoms with Crippen LogP contribution in [0.25, 0.3) is 0 Å². The molecule has 5 nitrogen and oxygen atoms in total. The summed E-state index contributed by atoms with van der Waals surface area (Å²) in [6, 6.07) is 0.0139. The van der Waals surface area contributed by atoms with E-state index in [0.29, 0.717) is 0 Å². The van der Waals surface area contributed by atoms with Crippen LogP contribution in [-0.4, -0.2) is 26.1 Å². The highest BCUT2D eigenvalue weighted by Gasteiger charge is 2.24. The van der Waals surface area contributed by atoms with Gasteiger partial charge in [0.15, 0.2) is 0 Å². The Hall–Kier alpha value is -1.39. The fourth-order valence-corrected chi connectivity index (χ4v) is 1.58. The molecule has 0 spiro atoms. The second-order valence-corrected chi connectivity index (χ2v) is 2.96. The topological polar surface area (TPSA) is 68.0 Å². The van der Waals surface area contributed by atoms with Crippen LogP contribution in [0.15, 0.2) is 6.20 Å². The van der Waals surface area contributed by atoms with Crippen molar-refractivity contribution in [1.82, 2.24) is 15.0 Å². The van der Waals surface area contributed by atoms with Crippen LogP contribution in [0, 0.1) is 0 Å². The van der Waals surface area contributed by atoms with E-state index in [0.717, 1.165) is 18.5 Å². The van der Waals surface area contributed by atoms with Crippen LogP contribution in [0.1, 0.15) is 24.6 Å². The number of rotatable bonds is 2. The molecule has 5 heteroatoms. The minimum Gasteiger partial charge on any atom is -0.481 e. The largest absolute Gasteiger partial charge is 0.481 e. The van der Waals surface area contributed by atoms with Crippen molar-refractivity contribution in [2.45, 2.75) is 25.3 Å². The van der Waals surface area contributed by atoms with Gasteiger partial charge in [0.2, 0.25) is 0 Å². The van der Waals surface area contributed by atoms with Gasteiger partial charge in [-0.25, -0.2) is 4.68 Å². The molecular formula is C7H9N3O2. The number of nitrogens with zero attached hydrogens (tertiary/aromatic N) is 3. The molecule has 2 rings (SSSR count). The van der Waals surface area contributed by atoms with Gasteiger partial charge in [-0.15, -0.1) is 5.10 Å². The Morgan fingerprint density at radius 2 is 2.67 bits per heavy atom. The molecule has 2 heterocycles. The Kier molecular flexibility index (Phi) is 1.56. The van der Waals surface area contributed by atoms with Crippen LogP contribution in [0.4, 0.5) is 0 Å². The van der Waals surface area contributed by atoms with Gasteiger partial charge in [0.25, 0.3) is 0 Å². The predicted molar refractivity (Wildman–Crippen MR) is 39.6 cm³/mol. The maximum Gasteiger partial charge on any atom is 0.305 e. The van der Waals surface area contributed by atoms with Crippen molar-refractivity contribution in [3.05, 3.63) is 11.9 Å². The van der Waals surface area contributed by atoms with Gasteiger partial charge >= 0.3 is 5.97 Å². The molecule has 0 fully saturated rings. The fourth-order valence-electron chi connectivity index (χ4n) is 1.58. The molecule has 1 aliphatic heterocycles. The number of carbonyl (C=O) groups is 1. The van der Waals surface area contributed by atoms with E-state index in [1.807, 2.05) is 0 Å². The fraction of sp³-hybridized carbons (Fsp3) is 0.571. The van der Waals surface area contributed by atoms with Crippen LogP contribution in [0.2, 0.25) is 0 Å². The van der Waals surface area contributed by atoms with E-state index in [9.17, 15) is 4.79 Å². The molecule has 1 atom stereocenters. The minimum absolute atomic E-state index is 0.0139. The Morgan fingerprint density at radius 1 is 1.83 bits per heavy atom. The van der Waals surface area contributed by atoms with Crippen LogP contribution < -0.4 is 0 Å². The number of hydrogen-bond acceptors (Lipinski definition) is 3. The van der Waals surface area contributed by atoms with E-state index in [-0.39, 0.29) is 12.5 Å². The van der Waals surface area contributed by atoms with E-state index in [1.54, 1.807) is 10.9 Å². The van der Waals surface area contributed by atoms with E-state index >= 15 is 0 Å². The zero-order valence-electron chi connectivity index (χ0n) is 6.47. The molecular weight excluding hydrogens is 158 g/mol. The summed E-state index contributed by atoms with van der Waals surface area (Å²) < 4.78 is 1.72. The number of aliphatic carboxylic acids is 1. The van der Waals surface area contributed by atoms with Crippen molar-refractivity contribution in [2.24, 2.45) is 0 Å². The number of carboxylic acids is 1. The third kappa shape index (κ3) is 1.07. The summed E-state index contributed by atoms with van der Waals surface area (Å²) >= 11 is 0. The molecule has 64 valence electrons. The molecule has 12 heavy (non-hydrogen) atoms. The number of fused-ring (bicyclic) bond motifs is 1. The van der Waals surface area contributed by atoms with Crippen LogP contribution in [0.3, 0.4) is 0 Å². The monoisotopic (exact) mass is 167 g/mol. The Morgan fingerprint density at radius 3 is 3.42 bits per heavy atom. The molecule has 0 aliphatic carbocycles. The molecule has 1 aromatic rings. The molecule has 0 saturated heterocycles. The maximum atomic E-state index is 10.4. The molecule has 0 bridgehead atoms. The van der Waals surface area contributed by atoms with Crippen molar-refractivity contribution < 1.29 is 9.90 Å². The number of hydrogen-bond donors (Lipinski definition) is 1. The quantitative estimate of drug-likeness (QED) is 0.685. The van der Waals surface area contributed by atoms with Crippen LogP contribution >= 0.6 is 0 Å². The maximum absolute atomic E-state index is 10.4. The summed E-state index contributed by atoms with van der Waals surface area (Å²) in [6.07, 6.45) is 3.61. The summed E-state index contributed by atoms with van der Waals surface area (Å²) in [5.41, 5.74) is 1.04. The van der Waals surface area contributed by atoms with Crippen LogP contribution in [0.5, 0.6) is 0 Å². The molecule has 1 N–H and O–H groups in total. The van der Waals surface area contributed by atoms with Gasteiger partial charge < -0.3 is 5.11 Å². The smallest absolute Gasteiger partial charge is 0.305 e. The predicted octanol–water partition coefficient (Wildman–Crippen LogP) is 0.240. The summed E-state index contributed by atoms with van der Waals surface area (Å²) in [5, 5.41) is 16.1. The van der Waals surface area contributed by atoms with E-state index in [1.165, 1.54) is 0 Å². The lowest BCUT2D eigenvalue weighted by Crippen LogP contribution is -2.11. The molecule has 0 aromatic carbocycles. The van der Waals surface area contributed by atoms with Crippen molar-refractivity contribution in [1.29, 1.82) is 0 Å². The molecule has 1 unspecified atom stereocenters. The highest BCUT2D eigenvalue weighted by molar-refractivity contribution is 5.67. The average molecular weight is 167 g/mol. The van der Waals surface area contributed by atoms with Crippen molar-refractivity contribution in [3.8, 4) is 0 Å². The van der Waals surface area contributed by atoms with E-state index < -0.39 is 5.97 Å². The van der Waals surface area contributed by atoms with Gasteiger partial charge in [0.05, 0.1) is 24.4 Å². The van der Waals surface area contributed by atoms with Gasteiger partial charge in [-0.1, -0.05) is 5.21 Å². The number of aromatic nitrogens is 3. The molecule has 1 aliphatic rings. The zero-order chi connectivity index (χ0) is 8.55. The summed E-state index contributed by atoms with van der Waals surface area (Å²) in [6.45, 7) is 0. The lowest BCUT2D eigenvalue weighted by atomic mass is 10.1. The Balaban J connectivity index is 2.17. The average Bonchev–Trinajstić information content (AvgIpc) is 2.52. The SMILES string of the molecule is O=C(O)CC1CCc2cnnn21. The van der Waals surface area contributed by atoms with Crippen molar-refractivity contribution >= 4 is 5.97 Å². The highest BCUT2D eigenvalue weighted by Crippen LogP contribution is 2.26. The van der Waals surface area contributed by atoms with Gasteiger partial charge in [-0.3, -0.25) is 4.79 Å². The molecule has 1 aromatic heterocycles. The summed E-state index contributed by atoms with van der Waals surface area (Å²) in [4.78, 5) is 10.4. The first-order chi connectivity index (χ1) is 5.77. The standard InChI is InChI=1S/C7H9N3O2/c11-7(12)3-5-1-2-6-4-8-9-10(5)6/h4-5H,1-3H2,(H,11,12). The van der Waals surface area contributed by atoms with Gasteiger partial charge in [-0.2, -0.15) is 0 Å². The first-order valence-corrected chi connectivity index (χ1v) is 3.88. The first kappa shape index (κ1) is 7.27. The normalized spacial score (nSPS) is 20.8. The highest BCUT2D eigenvalue weighted by atomic mass is 16.4. The van der Waals surface area contributed by atoms with Crippen molar-refractivity contribution in [2.75, 3.05) is 0 Å². The lowest BCUT2D eigenvalue weighted by molar-refractivity contribution is -0.137. The molecule has 0 amide bonds. The third-order valence-electron chi connectivity index (χ3n) is 2.14. The zero-order valence-corrected chi connectivity index (χ0v) is 6.47.